The lowest BCUT2D eigenvalue weighted by Crippen LogP contribution is -1.97. The topological polar surface area (TPSA) is 0 Å². The van der Waals surface area contributed by atoms with Gasteiger partial charge in [0.25, 0.3) is 0 Å². The summed E-state index contributed by atoms with van der Waals surface area (Å²) < 4.78 is 69.6. The molecule has 0 aliphatic heterocycles. The molecule has 160 valence electrons. The Hall–Kier alpha value is -3.73. The fourth-order valence-electron chi connectivity index (χ4n) is 3.55. The number of halogens is 5. The highest BCUT2D eigenvalue weighted by Crippen LogP contribution is 2.33. The van der Waals surface area contributed by atoms with Gasteiger partial charge >= 0.3 is 0 Å². The molecule has 0 saturated carbocycles. The molecular formula is C27H17F5. The molecule has 0 spiro atoms. The van der Waals surface area contributed by atoms with E-state index in [0.717, 1.165) is 28.8 Å². The summed E-state index contributed by atoms with van der Waals surface area (Å²) in [4.78, 5) is 0. The molecule has 0 unspecified atom stereocenters. The molecule has 0 aliphatic rings. The third kappa shape index (κ3) is 4.19. The minimum atomic E-state index is -1.69. The third-order valence-electron chi connectivity index (χ3n) is 5.14. The number of rotatable bonds is 4. The Bertz CT molecular complexity index is 1260. The normalized spacial score (nSPS) is 11.3. The van der Waals surface area contributed by atoms with Crippen LogP contribution in [0.5, 0.6) is 0 Å². The molecule has 0 aromatic heterocycles. The van der Waals surface area contributed by atoms with E-state index in [-0.39, 0.29) is 5.56 Å². The molecule has 0 amide bonds. The van der Waals surface area contributed by atoms with Gasteiger partial charge in [-0.3, -0.25) is 0 Å². The number of hydrogen-bond acceptors (Lipinski definition) is 0. The van der Waals surface area contributed by atoms with Crippen molar-refractivity contribution in [2.24, 2.45) is 0 Å². The van der Waals surface area contributed by atoms with E-state index in [9.17, 15) is 22.0 Å². The Morgan fingerprint density at radius 2 is 0.906 bits per heavy atom. The van der Waals surface area contributed by atoms with E-state index < -0.39 is 40.2 Å². The first kappa shape index (κ1) is 21.5. The fourth-order valence-corrected chi connectivity index (χ4v) is 3.55. The van der Waals surface area contributed by atoms with E-state index in [1.165, 1.54) is 0 Å². The van der Waals surface area contributed by atoms with Crippen LogP contribution in [-0.2, 0) is 0 Å². The number of hydrogen-bond donors (Lipinski definition) is 0. The van der Waals surface area contributed by atoms with Crippen molar-refractivity contribution in [3.63, 3.8) is 0 Å². The van der Waals surface area contributed by atoms with Crippen LogP contribution in [0.2, 0.25) is 0 Å². The van der Waals surface area contributed by atoms with Crippen molar-refractivity contribution in [1.29, 1.82) is 0 Å². The molecular weight excluding hydrogens is 419 g/mol. The maximum Gasteiger partial charge on any atom is 0.194 e. The summed E-state index contributed by atoms with van der Waals surface area (Å²) in [5, 5.41) is 0. The lowest BCUT2D eigenvalue weighted by Gasteiger charge is -2.10. The van der Waals surface area contributed by atoms with Crippen molar-refractivity contribution in [1.82, 2.24) is 0 Å². The van der Waals surface area contributed by atoms with Gasteiger partial charge in [-0.05, 0) is 64.6 Å². The average Bonchev–Trinajstić information content (AvgIpc) is 2.78. The summed E-state index contributed by atoms with van der Waals surface area (Å²) in [7, 11) is 0. The van der Waals surface area contributed by atoms with Gasteiger partial charge in [-0.25, -0.2) is 22.0 Å². The first-order valence-corrected chi connectivity index (χ1v) is 9.85. The van der Waals surface area contributed by atoms with Crippen LogP contribution < -0.4 is 0 Å². The second-order valence-electron chi connectivity index (χ2n) is 7.27. The van der Waals surface area contributed by atoms with Gasteiger partial charge in [0.2, 0.25) is 0 Å². The quantitative estimate of drug-likeness (QED) is 0.222. The van der Waals surface area contributed by atoms with E-state index >= 15 is 0 Å². The van der Waals surface area contributed by atoms with Crippen LogP contribution in [0, 0.1) is 29.1 Å². The van der Waals surface area contributed by atoms with Crippen LogP contribution in [0.3, 0.4) is 0 Å². The zero-order valence-corrected chi connectivity index (χ0v) is 17.0. The molecule has 0 radical (unpaired) electrons. The molecule has 4 aromatic carbocycles. The fraction of sp³-hybridized carbons (Fsp3) is 0.0370. The zero-order valence-electron chi connectivity index (χ0n) is 17.0. The predicted octanol–water partition coefficient (Wildman–Crippen LogP) is 8.42. The van der Waals surface area contributed by atoms with E-state index in [2.05, 4.69) is 0 Å². The van der Waals surface area contributed by atoms with Crippen LogP contribution in [0.25, 0.3) is 39.5 Å². The van der Waals surface area contributed by atoms with Crippen molar-refractivity contribution < 1.29 is 22.0 Å². The summed E-state index contributed by atoms with van der Waals surface area (Å²) in [5.41, 5.74) is 2.82. The maximum absolute atomic E-state index is 14.7. The Morgan fingerprint density at radius 1 is 0.500 bits per heavy atom. The second kappa shape index (κ2) is 8.79. The summed E-state index contributed by atoms with van der Waals surface area (Å²) >= 11 is 0. The zero-order chi connectivity index (χ0) is 22.8. The third-order valence-corrected chi connectivity index (χ3v) is 5.14. The van der Waals surface area contributed by atoms with Gasteiger partial charge in [0.1, 0.15) is 11.6 Å². The van der Waals surface area contributed by atoms with Crippen molar-refractivity contribution in [3.05, 3.63) is 114 Å². The molecule has 0 N–H and O–H groups in total. The minimum Gasteiger partial charge on any atom is -0.206 e. The van der Waals surface area contributed by atoms with Crippen LogP contribution >= 0.6 is 0 Å². The Kier molecular flexibility index (Phi) is 5.91. The molecule has 0 nitrogen and oxygen atoms in total. The largest absolute Gasteiger partial charge is 0.206 e. The molecule has 0 aliphatic carbocycles. The predicted molar refractivity (Wildman–Crippen MR) is 117 cm³/mol. The Labute approximate surface area is 182 Å². The molecule has 0 atom stereocenters. The highest BCUT2D eigenvalue weighted by molar-refractivity contribution is 5.74. The smallest absolute Gasteiger partial charge is 0.194 e. The molecule has 0 fully saturated rings. The molecule has 4 aromatic rings. The van der Waals surface area contributed by atoms with Crippen molar-refractivity contribution in [3.8, 4) is 33.4 Å². The van der Waals surface area contributed by atoms with Crippen LogP contribution in [-0.4, -0.2) is 0 Å². The van der Waals surface area contributed by atoms with Gasteiger partial charge in [-0.2, -0.15) is 0 Å². The van der Waals surface area contributed by atoms with Gasteiger partial charge in [0.15, 0.2) is 17.5 Å². The summed E-state index contributed by atoms with van der Waals surface area (Å²) in [6.07, 6.45) is 3.95. The van der Waals surface area contributed by atoms with Crippen LogP contribution in [0.1, 0.15) is 12.5 Å². The van der Waals surface area contributed by atoms with E-state index in [1.54, 1.807) is 12.1 Å². The Balaban J connectivity index is 1.66. The SMILES string of the molecule is C/C=C/c1ccc(-c2ccc(-c3cc(F)c(-c4cc(F)c(F)c(F)c4)c(F)c3)cc2)cc1. The van der Waals surface area contributed by atoms with E-state index in [1.807, 2.05) is 55.5 Å². The molecule has 0 bridgehead atoms. The van der Waals surface area contributed by atoms with E-state index in [0.29, 0.717) is 17.7 Å². The van der Waals surface area contributed by atoms with Crippen molar-refractivity contribution in [2.45, 2.75) is 6.92 Å². The highest BCUT2D eigenvalue weighted by Gasteiger charge is 2.18. The van der Waals surface area contributed by atoms with Crippen molar-refractivity contribution >= 4 is 6.08 Å². The minimum absolute atomic E-state index is 0.266. The maximum atomic E-state index is 14.7. The van der Waals surface area contributed by atoms with Crippen molar-refractivity contribution in [2.75, 3.05) is 0 Å². The Morgan fingerprint density at radius 3 is 1.38 bits per heavy atom. The van der Waals surface area contributed by atoms with Gasteiger partial charge < -0.3 is 0 Å². The van der Waals surface area contributed by atoms with Crippen LogP contribution in [0.4, 0.5) is 22.0 Å². The lowest BCUT2D eigenvalue weighted by atomic mass is 9.96. The van der Waals surface area contributed by atoms with Gasteiger partial charge in [-0.15, -0.1) is 0 Å². The van der Waals surface area contributed by atoms with Crippen LogP contribution in [0.15, 0.2) is 78.9 Å². The summed E-state index contributed by atoms with van der Waals surface area (Å²) in [5.74, 6) is -6.74. The molecule has 0 saturated heterocycles. The standard InChI is InChI=1S/C27H17F5/c1-2-3-16-4-6-17(7-5-16)18-8-10-19(11-9-18)20-12-22(28)26(23(29)13-20)21-14-24(30)27(32)25(31)15-21/h2-15H,1H3/b3-2+. The number of allylic oxidation sites excluding steroid dienone is 1. The number of benzene rings is 4. The summed E-state index contributed by atoms with van der Waals surface area (Å²) in [6.45, 7) is 1.95. The second-order valence-corrected chi connectivity index (χ2v) is 7.27. The first-order valence-electron chi connectivity index (χ1n) is 9.85. The van der Waals surface area contributed by atoms with E-state index in [4.69, 9.17) is 0 Å². The lowest BCUT2D eigenvalue weighted by molar-refractivity contribution is 0.447. The van der Waals surface area contributed by atoms with Gasteiger partial charge in [0, 0.05) is 0 Å². The molecule has 5 heteroatoms. The highest BCUT2D eigenvalue weighted by atomic mass is 19.2. The average molecular weight is 436 g/mol. The monoisotopic (exact) mass is 436 g/mol. The summed E-state index contributed by atoms with van der Waals surface area (Å²) in [6, 6.07) is 18.4. The van der Waals surface area contributed by atoms with Gasteiger partial charge in [0.05, 0.1) is 5.56 Å². The molecule has 4 rings (SSSR count). The molecule has 32 heavy (non-hydrogen) atoms. The molecule has 0 heterocycles. The van der Waals surface area contributed by atoms with Gasteiger partial charge in [-0.1, -0.05) is 60.7 Å². The first-order chi connectivity index (χ1) is 15.4.